The van der Waals surface area contributed by atoms with Crippen LogP contribution in [0, 0.1) is 11.8 Å². The van der Waals surface area contributed by atoms with E-state index < -0.39 is 0 Å². The van der Waals surface area contributed by atoms with E-state index in [1.165, 1.54) is 0 Å². The second-order valence-corrected chi connectivity index (χ2v) is 7.47. The summed E-state index contributed by atoms with van der Waals surface area (Å²) in [5, 5.41) is 6.92. The summed E-state index contributed by atoms with van der Waals surface area (Å²) in [6.45, 7) is 2.51. The van der Waals surface area contributed by atoms with Crippen molar-refractivity contribution in [2.24, 2.45) is 11.8 Å². The molecule has 0 radical (unpaired) electrons. The van der Waals surface area contributed by atoms with Gasteiger partial charge in [0.2, 0.25) is 5.91 Å². The Labute approximate surface area is 162 Å². The quantitative estimate of drug-likeness (QED) is 0.759. The zero-order valence-corrected chi connectivity index (χ0v) is 15.9. The molecule has 0 bridgehead atoms. The van der Waals surface area contributed by atoms with Gasteiger partial charge >= 0.3 is 0 Å². The molecule has 2 aromatic rings. The van der Waals surface area contributed by atoms with E-state index in [0.717, 1.165) is 12.0 Å². The molecule has 2 unspecified atom stereocenters. The minimum atomic E-state index is -0.189. The highest BCUT2D eigenvalue weighted by molar-refractivity contribution is 6.35. The predicted molar refractivity (Wildman–Crippen MR) is 105 cm³/mol. The van der Waals surface area contributed by atoms with Gasteiger partial charge in [-0.1, -0.05) is 42.3 Å². The van der Waals surface area contributed by atoms with Gasteiger partial charge in [0.25, 0.3) is 5.91 Å². The molecule has 2 N–H and O–H groups in total. The van der Waals surface area contributed by atoms with Crippen LogP contribution in [-0.2, 0) is 11.2 Å². The maximum atomic E-state index is 12.3. The van der Waals surface area contributed by atoms with Gasteiger partial charge in [-0.25, -0.2) is 0 Å². The summed E-state index contributed by atoms with van der Waals surface area (Å²) >= 11 is 12.0. The van der Waals surface area contributed by atoms with Crippen molar-refractivity contribution in [1.82, 2.24) is 5.32 Å². The molecule has 6 heteroatoms. The van der Waals surface area contributed by atoms with E-state index in [2.05, 4.69) is 17.6 Å². The van der Waals surface area contributed by atoms with Crippen LogP contribution < -0.4 is 10.6 Å². The summed E-state index contributed by atoms with van der Waals surface area (Å²) in [6.07, 6.45) is 1.54. The van der Waals surface area contributed by atoms with Crippen molar-refractivity contribution in [1.29, 1.82) is 0 Å². The third kappa shape index (κ3) is 4.77. The Kier molecular flexibility index (Phi) is 5.84. The molecule has 136 valence electrons. The van der Waals surface area contributed by atoms with Crippen molar-refractivity contribution in [3.05, 3.63) is 63.6 Å². The molecule has 1 saturated carbocycles. The lowest BCUT2D eigenvalue weighted by atomic mass is 10.1. The lowest BCUT2D eigenvalue weighted by molar-refractivity contribution is -0.117. The van der Waals surface area contributed by atoms with Crippen LogP contribution in [0.1, 0.15) is 29.3 Å². The Hall–Kier alpha value is -2.04. The van der Waals surface area contributed by atoms with Crippen LogP contribution in [0.15, 0.2) is 42.5 Å². The van der Waals surface area contributed by atoms with Gasteiger partial charge in [0.15, 0.2) is 0 Å². The van der Waals surface area contributed by atoms with Gasteiger partial charge < -0.3 is 10.6 Å². The molecular formula is C20H20Cl2N2O2. The number of benzene rings is 2. The Morgan fingerprint density at radius 2 is 1.92 bits per heavy atom. The van der Waals surface area contributed by atoms with Crippen molar-refractivity contribution >= 4 is 40.7 Å². The Morgan fingerprint density at radius 3 is 2.62 bits per heavy atom. The smallest absolute Gasteiger partial charge is 0.251 e. The lowest BCUT2D eigenvalue weighted by Crippen LogP contribution is -2.26. The predicted octanol–water partition coefficient (Wildman–Crippen LogP) is 4.56. The fraction of sp³-hybridized carbons (Fsp3) is 0.300. The highest BCUT2D eigenvalue weighted by Gasteiger charge is 2.39. The lowest BCUT2D eigenvalue weighted by Gasteiger charge is -2.09. The van der Waals surface area contributed by atoms with Gasteiger partial charge in [0.05, 0.1) is 0 Å². The standard InChI is InChI=1S/C20H20Cl2N2O2/c1-12-9-17(12)20(26)24-16-4-2-3-14(10-16)19(25)23-8-7-13-5-6-15(21)11-18(13)22/h2-6,10-12,17H,7-9H2,1H3,(H,23,25)(H,24,26). The number of carbonyl (C=O) groups excluding carboxylic acids is 2. The van der Waals surface area contributed by atoms with Crippen LogP contribution >= 0.6 is 23.2 Å². The van der Waals surface area contributed by atoms with Crippen molar-refractivity contribution < 1.29 is 9.59 Å². The molecule has 1 aliphatic carbocycles. The molecule has 1 fully saturated rings. The number of nitrogens with one attached hydrogen (secondary N) is 2. The molecule has 26 heavy (non-hydrogen) atoms. The third-order valence-corrected chi connectivity index (χ3v) is 5.12. The van der Waals surface area contributed by atoms with Gasteiger partial charge in [-0.05, 0) is 54.7 Å². The molecule has 4 nitrogen and oxygen atoms in total. The van der Waals surface area contributed by atoms with Gasteiger partial charge in [-0.3, -0.25) is 9.59 Å². The Bertz CT molecular complexity index is 838. The maximum Gasteiger partial charge on any atom is 0.251 e. The van der Waals surface area contributed by atoms with E-state index in [1.807, 2.05) is 6.07 Å². The second-order valence-electron chi connectivity index (χ2n) is 6.63. The first-order chi connectivity index (χ1) is 12.4. The minimum absolute atomic E-state index is 0.0208. The first-order valence-electron chi connectivity index (χ1n) is 8.57. The van der Waals surface area contributed by atoms with Crippen LogP contribution in [0.3, 0.4) is 0 Å². The molecule has 2 aromatic carbocycles. The van der Waals surface area contributed by atoms with Crippen LogP contribution in [0.25, 0.3) is 0 Å². The maximum absolute atomic E-state index is 12.3. The monoisotopic (exact) mass is 390 g/mol. The SMILES string of the molecule is CC1CC1C(=O)Nc1cccc(C(=O)NCCc2ccc(Cl)cc2Cl)c1. The summed E-state index contributed by atoms with van der Waals surface area (Å²) in [6, 6.07) is 12.3. The van der Waals surface area contributed by atoms with Gasteiger partial charge in [0, 0.05) is 33.8 Å². The largest absolute Gasteiger partial charge is 0.352 e. The number of hydrogen-bond donors (Lipinski definition) is 2. The molecule has 1 aliphatic rings. The van der Waals surface area contributed by atoms with E-state index in [-0.39, 0.29) is 17.7 Å². The number of amides is 2. The van der Waals surface area contributed by atoms with Crippen molar-refractivity contribution in [2.75, 3.05) is 11.9 Å². The normalized spacial score (nSPS) is 18.3. The summed E-state index contributed by atoms with van der Waals surface area (Å²) in [5.41, 5.74) is 2.08. The number of carbonyl (C=O) groups is 2. The molecule has 0 spiro atoms. The summed E-state index contributed by atoms with van der Waals surface area (Å²) in [7, 11) is 0. The minimum Gasteiger partial charge on any atom is -0.352 e. The Balaban J connectivity index is 1.54. The molecule has 3 rings (SSSR count). The van der Waals surface area contributed by atoms with E-state index in [1.54, 1.807) is 36.4 Å². The first kappa shape index (κ1) is 18.7. The average Bonchev–Trinajstić information content (AvgIpc) is 3.34. The molecule has 0 saturated heterocycles. The average molecular weight is 391 g/mol. The number of halogens is 2. The molecule has 0 heterocycles. The molecule has 0 aromatic heterocycles. The molecule has 0 aliphatic heterocycles. The fourth-order valence-corrected chi connectivity index (χ4v) is 3.30. The molecule has 2 amide bonds. The summed E-state index contributed by atoms with van der Waals surface area (Å²) in [4.78, 5) is 24.3. The van der Waals surface area contributed by atoms with Crippen LogP contribution in [0.5, 0.6) is 0 Å². The zero-order valence-electron chi connectivity index (χ0n) is 14.4. The van der Waals surface area contributed by atoms with Crippen molar-refractivity contribution in [3.8, 4) is 0 Å². The van der Waals surface area contributed by atoms with E-state index >= 15 is 0 Å². The highest BCUT2D eigenvalue weighted by Crippen LogP contribution is 2.38. The van der Waals surface area contributed by atoms with Crippen molar-refractivity contribution in [2.45, 2.75) is 19.8 Å². The topological polar surface area (TPSA) is 58.2 Å². The number of hydrogen-bond acceptors (Lipinski definition) is 2. The van der Waals surface area contributed by atoms with E-state index in [9.17, 15) is 9.59 Å². The van der Waals surface area contributed by atoms with Gasteiger partial charge in [0.1, 0.15) is 0 Å². The second kappa shape index (κ2) is 8.11. The Morgan fingerprint density at radius 1 is 1.15 bits per heavy atom. The van der Waals surface area contributed by atoms with Gasteiger partial charge in [-0.2, -0.15) is 0 Å². The van der Waals surface area contributed by atoms with Crippen molar-refractivity contribution in [3.63, 3.8) is 0 Å². The zero-order chi connectivity index (χ0) is 18.7. The highest BCUT2D eigenvalue weighted by atomic mass is 35.5. The van der Waals surface area contributed by atoms with Gasteiger partial charge in [-0.15, -0.1) is 0 Å². The van der Waals surface area contributed by atoms with Crippen LogP contribution in [0.4, 0.5) is 5.69 Å². The first-order valence-corrected chi connectivity index (χ1v) is 9.32. The van der Waals surface area contributed by atoms with Crippen LogP contribution in [0.2, 0.25) is 10.0 Å². The molecule has 2 atom stereocenters. The number of anilines is 1. The summed E-state index contributed by atoms with van der Waals surface area (Å²) < 4.78 is 0. The van der Waals surface area contributed by atoms with Crippen LogP contribution in [-0.4, -0.2) is 18.4 Å². The fourth-order valence-electron chi connectivity index (χ4n) is 2.80. The summed E-state index contributed by atoms with van der Waals surface area (Å²) in [5.74, 6) is 0.371. The third-order valence-electron chi connectivity index (χ3n) is 4.53. The number of rotatable bonds is 6. The molecular weight excluding hydrogens is 371 g/mol. The van der Waals surface area contributed by atoms with E-state index in [4.69, 9.17) is 23.2 Å². The van der Waals surface area contributed by atoms with E-state index in [0.29, 0.717) is 40.2 Å².